The first-order valence-corrected chi connectivity index (χ1v) is 11.1. The van der Waals surface area contributed by atoms with Gasteiger partial charge in [0, 0.05) is 22.7 Å². The van der Waals surface area contributed by atoms with E-state index in [-0.39, 0.29) is 19.1 Å². The first-order chi connectivity index (χ1) is 16.4. The van der Waals surface area contributed by atoms with Crippen LogP contribution in [-0.4, -0.2) is 30.1 Å². The molecule has 6 nitrogen and oxygen atoms in total. The van der Waals surface area contributed by atoms with Crippen LogP contribution in [0.4, 0.5) is 5.69 Å². The molecule has 4 aromatic rings. The maximum atomic E-state index is 12.6. The molecule has 0 aliphatic heterocycles. The Labute approximate surface area is 198 Å². The van der Waals surface area contributed by atoms with E-state index in [2.05, 4.69) is 5.32 Å². The Hall–Kier alpha value is -4.19. The first-order valence-electron chi connectivity index (χ1n) is 11.1. The summed E-state index contributed by atoms with van der Waals surface area (Å²) in [4.78, 5) is 29.6. The molecule has 0 bridgehead atoms. The zero-order valence-corrected chi connectivity index (χ0v) is 19.4. The van der Waals surface area contributed by atoms with Crippen LogP contribution in [0.15, 0.2) is 72.8 Å². The van der Waals surface area contributed by atoms with E-state index >= 15 is 0 Å². The van der Waals surface area contributed by atoms with Crippen LogP contribution in [-0.2, 0) is 9.53 Å². The topological polar surface area (TPSA) is 77.5 Å². The van der Waals surface area contributed by atoms with Gasteiger partial charge in [-0.2, -0.15) is 0 Å². The number of ether oxygens (including phenoxy) is 2. The van der Waals surface area contributed by atoms with Gasteiger partial charge in [0.1, 0.15) is 5.75 Å². The molecule has 1 aromatic heterocycles. The van der Waals surface area contributed by atoms with Crippen molar-refractivity contribution in [3.8, 4) is 17.0 Å². The minimum Gasteiger partial charge on any atom is -0.483 e. The van der Waals surface area contributed by atoms with Crippen molar-refractivity contribution < 1.29 is 19.1 Å². The van der Waals surface area contributed by atoms with Gasteiger partial charge in [-0.3, -0.25) is 4.79 Å². The lowest BCUT2D eigenvalue weighted by atomic mass is 10.1. The van der Waals surface area contributed by atoms with Crippen LogP contribution in [0.3, 0.4) is 0 Å². The van der Waals surface area contributed by atoms with Crippen LogP contribution < -0.4 is 10.1 Å². The minimum atomic E-state index is -0.421. The van der Waals surface area contributed by atoms with E-state index in [0.29, 0.717) is 27.9 Å². The van der Waals surface area contributed by atoms with Crippen LogP contribution in [0.25, 0.3) is 22.2 Å². The minimum absolute atomic E-state index is 0.190. The molecule has 0 radical (unpaired) electrons. The van der Waals surface area contributed by atoms with Crippen molar-refractivity contribution in [2.45, 2.75) is 20.8 Å². The van der Waals surface area contributed by atoms with Crippen molar-refractivity contribution in [3.63, 3.8) is 0 Å². The molecule has 34 heavy (non-hydrogen) atoms. The Balaban J connectivity index is 1.65. The molecule has 0 aliphatic carbocycles. The van der Waals surface area contributed by atoms with Crippen LogP contribution in [0.1, 0.15) is 28.4 Å². The van der Waals surface area contributed by atoms with Crippen molar-refractivity contribution in [1.82, 2.24) is 4.98 Å². The molecule has 1 heterocycles. The molecule has 0 spiro atoms. The van der Waals surface area contributed by atoms with Gasteiger partial charge in [-0.15, -0.1) is 0 Å². The zero-order chi connectivity index (χ0) is 24.1. The average Bonchev–Trinajstić information content (AvgIpc) is 2.84. The zero-order valence-electron chi connectivity index (χ0n) is 19.4. The summed E-state index contributed by atoms with van der Waals surface area (Å²) in [6.07, 6.45) is 0. The van der Waals surface area contributed by atoms with Crippen molar-refractivity contribution in [3.05, 3.63) is 89.5 Å². The van der Waals surface area contributed by atoms with Gasteiger partial charge in [0.2, 0.25) is 0 Å². The Morgan fingerprint density at radius 1 is 0.941 bits per heavy atom. The highest BCUT2D eigenvalue weighted by atomic mass is 16.5. The second kappa shape index (κ2) is 10.2. The number of esters is 1. The fourth-order valence-electron chi connectivity index (χ4n) is 3.70. The predicted octanol–water partition coefficient (Wildman–Crippen LogP) is 5.71. The molecule has 1 N–H and O–H groups in total. The average molecular weight is 455 g/mol. The Morgan fingerprint density at radius 2 is 1.74 bits per heavy atom. The van der Waals surface area contributed by atoms with Gasteiger partial charge in [-0.1, -0.05) is 48.0 Å². The van der Waals surface area contributed by atoms with Crippen LogP contribution >= 0.6 is 0 Å². The Bertz CT molecular complexity index is 1350. The fourth-order valence-corrected chi connectivity index (χ4v) is 3.70. The molecule has 0 fully saturated rings. The maximum Gasteiger partial charge on any atom is 0.338 e. The standard InChI is InChI=1S/C28H26N2O4/c1-4-33-28(32)21-11-13-24-22(15-21)26(16-25(29-24)20-8-6-5-7-9-20)34-17-27(31)30-23-12-10-18(2)14-19(23)3/h5-16H,4,17H2,1-3H3,(H,30,31). The maximum absolute atomic E-state index is 12.6. The molecule has 3 aromatic carbocycles. The highest BCUT2D eigenvalue weighted by Gasteiger charge is 2.15. The monoisotopic (exact) mass is 454 g/mol. The summed E-state index contributed by atoms with van der Waals surface area (Å²) in [5.41, 5.74) is 5.53. The van der Waals surface area contributed by atoms with E-state index in [1.807, 2.05) is 62.4 Å². The van der Waals surface area contributed by atoms with Crippen LogP contribution in [0.2, 0.25) is 0 Å². The van der Waals surface area contributed by atoms with E-state index in [4.69, 9.17) is 14.5 Å². The molecule has 0 aliphatic rings. The van der Waals surface area contributed by atoms with Gasteiger partial charge >= 0.3 is 5.97 Å². The van der Waals surface area contributed by atoms with Gasteiger partial charge in [0.05, 0.1) is 23.4 Å². The van der Waals surface area contributed by atoms with Crippen LogP contribution in [0.5, 0.6) is 5.75 Å². The van der Waals surface area contributed by atoms with Gasteiger partial charge in [0.25, 0.3) is 5.91 Å². The fraction of sp³-hybridized carbons (Fsp3) is 0.179. The molecular formula is C28H26N2O4. The lowest BCUT2D eigenvalue weighted by molar-refractivity contribution is -0.118. The molecule has 0 saturated carbocycles. The molecule has 6 heteroatoms. The Morgan fingerprint density at radius 3 is 2.47 bits per heavy atom. The summed E-state index contributed by atoms with van der Waals surface area (Å²) in [5, 5.41) is 3.52. The molecule has 1 amide bonds. The number of carbonyl (C=O) groups excluding carboxylic acids is 2. The van der Waals surface area contributed by atoms with Gasteiger partial charge < -0.3 is 14.8 Å². The quantitative estimate of drug-likeness (QED) is 0.362. The number of nitrogens with one attached hydrogen (secondary N) is 1. The van der Waals surface area contributed by atoms with E-state index < -0.39 is 5.97 Å². The summed E-state index contributed by atoms with van der Waals surface area (Å²) in [6, 6.07) is 22.5. The van der Waals surface area contributed by atoms with E-state index in [1.54, 1.807) is 31.2 Å². The smallest absolute Gasteiger partial charge is 0.338 e. The van der Waals surface area contributed by atoms with Gasteiger partial charge in [-0.05, 0) is 50.6 Å². The highest BCUT2D eigenvalue weighted by molar-refractivity contribution is 5.98. The summed E-state index contributed by atoms with van der Waals surface area (Å²) >= 11 is 0. The van der Waals surface area contributed by atoms with E-state index in [1.165, 1.54) is 0 Å². The number of rotatable bonds is 7. The number of aryl methyl sites for hydroxylation is 2. The summed E-state index contributed by atoms with van der Waals surface area (Å²) in [7, 11) is 0. The summed E-state index contributed by atoms with van der Waals surface area (Å²) < 4.78 is 11.1. The normalized spacial score (nSPS) is 10.7. The van der Waals surface area contributed by atoms with E-state index in [0.717, 1.165) is 22.4 Å². The number of fused-ring (bicyclic) bond motifs is 1. The van der Waals surface area contributed by atoms with Crippen LogP contribution in [0, 0.1) is 13.8 Å². The van der Waals surface area contributed by atoms with Gasteiger partial charge in [-0.25, -0.2) is 9.78 Å². The van der Waals surface area contributed by atoms with Crippen molar-refractivity contribution in [1.29, 1.82) is 0 Å². The van der Waals surface area contributed by atoms with E-state index in [9.17, 15) is 9.59 Å². The lowest BCUT2D eigenvalue weighted by Gasteiger charge is -2.13. The molecule has 0 saturated heterocycles. The third-order valence-corrected chi connectivity index (χ3v) is 5.37. The lowest BCUT2D eigenvalue weighted by Crippen LogP contribution is -2.20. The number of benzene rings is 3. The Kier molecular flexibility index (Phi) is 6.87. The second-order valence-corrected chi connectivity index (χ2v) is 7.98. The number of anilines is 1. The highest BCUT2D eigenvalue weighted by Crippen LogP contribution is 2.31. The largest absolute Gasteiger partial charge is 0.483 e. The number of hydrogen-bond acceptors (Lipinski definition) is 5. The second-order valence-electron chi connectivity index (χ2n) is 7.98. The van der Waals surface area contributed by atoms with Crippen molar-refractivity contribution in [2.24, 2.45) is 0 Å². The van der Waals surface area contributed by atoms with Crippen molar-refractivity contribution in [2.75, 3.05) is 18.5 Å². The third kappa shape index (κ3) is 5.23. The molecule has 0 atom stereocenters. The molecule has 4 rings (SSSR count). The van der Waals surface area contributed by atoms with Gasteiger partial charge in [0.15, 0.2) is 6.61 Å². The third-order valence-electron chi connectivity index (χ3n) is 5.37. The number of carbonyl (C=O) groups is 2. The number of hydrogen-bond donors (Lipinski definition) is 1. The SMILES string of the molecule is CCOC(=O)c1ccc2nc(-c3ccccc3)cc(OCC(=O)Nc3ccc(C)cc3C)c2c1. The number of aromatic nitrogens is 1. The number of nitrogens with zero attached hydrogens (tertiary/aromatic N) is 1. The molecular weight excluding hydrogens is 428 g/mol. The number of pyridine rings is 1. The molecule has 0 unspecified atom stereocenters. The molecule has 172 valence electrons. The van der Waals surface area contributed by atoms with Crippen molar-refractivity contribution >= 4 is 28.5 Å². The number of amides is 1. The summed E-state index contributed by atoms with van der Waals surface area (Å²) in [5.74, 6) is -0.236. The predicted molar refractivity (Wildman–Crippen MR) is 133 cm³/mol. The summed E-state index contributed by atoms with van der Waals surface area (Å²) in [6.45, 7) is 5.80. The first kappa shape index (κ1) is 23.0.